The van der Waals surface area contributed by atoms with Gasteiger partial charge in [-0.3, -0.25) is 0 Å². The fourth-order valence-electron chi connectivity index (χ4n) is 1.43. The first-order chi connectivity index (χ1) is 6.65. The molecule has 0 saturated carbocycles. The Balaban J connectivity index is 2.40. The van der Waals surface area contributed by atoms with Gasteiger partial charge in [-0.15, -0.1) is 0 Å². The van der Waals surface area contributed by atoms with Crippen molar-refractivity contribution < 1.29 is 13.5 Å². The van der Waals surface area contributed by atoms with Gasteiger partial charge in [0.1, 0.15) is 5.75 Å². The molecule has 0 saturated heterocycles. The second-order valence-corrected chi connectivity index (χ2v) is 3.08. The van der Waals surface area contributed by atoms with E-state index in [-0.39, 0.29) is 5.75 Å². The number of benzene rings is 1. The van der Waals surface area contributed by atoms with Crippen molar-refractivity contribution in [2.45, 2.75) is 13.5 Å². The van der Waals surface area contributed by atoms with Crippen LogP contribution in [-0.4, -0.2) is 11.6 Å². The highest BCUT2D eigenvalue weighted by Crippen LogP contribution is 2.22. The van der Waals surface area contributed by atoms with Crippen molar-refractivity contribution >= 4 is 10.9 Å². The van der Waals surface area contributed by atoms with Crippen molar-refractivity contribution in [2.75, 3.05) is 0 Å². The zero-order valence-corrected chi connectivity index (χ0v) is 7.55. The molecule has 0 aliphatic heterocycles. The number of hydrogen-bond acceptors (Lipinski definition) is 1. The molecule has 0 radical (unpaired) electrons. The van der Waals surface area contributed by atoms with Gasteiger partial charge in [0.25, 0.3) is 0 Å². The second-order valence-electron chi connectivity index (χ2n) is 3.08. The van der Waals surface area contributed by atoms with E-state index in [9.17, 15) is 8.78 Å². The molecule has 1 N–H and O–H groups in total. The summed E-state index contributed by atoms with van der Waals surface area (Å²) >= 11 is 0. The van der Waals surface area contributed by atoms with Gasteiger partial charge in [-0.1, -0.05) is 0 Å². The normalized spacial score (nSPS) is 11.1. The van der Waals surface area contributed by atoms with E-state index in [4.69, 9.17) is 0 Å². The van der Waals surface area contributed by atoms with Gasteiger partial charge in [-0.2, -0.15) is 8.78 Å². The van der Waals surface area contributed by atoms with Crippen molar-refractivity contribution in [3.05, 3.63) is 30.0 Å². The molecule has 14 heavy (non-hydrogen) atoms. The summed E-state index contributed by atoms with van der Waals surface area (Å²) in [5, 5.41) is 0.990. The van der Waals surface area contributed by atoms with Crippen molar-refractivity contribution in [3.8, 4) is 5.75 Å². The summed E-state index contributed by atoms with van der Waals surface area (Å²) in [6.45, 7) is -0.864. The first-order valence-corrected chi connectivity index (χ1v) is 4.19. The molecule has 4 heteroatoms. The molecule has 1 heterocycles. The number of fused-ring (bicyclic) bond motifs is 1. The fraction of sp³-hybridized carbons (Fsp3) is 0.200. The zero-order valence-electron chi connectivity index (χ0n) is 7.55. The predicted molar refractivity (Wildman–Crippen MR) is 49.7 cm³/mol. The SMILES string of the molecule is Cc1cc2ccc(OC(F)F)cc2[nH]1. The number of ether oxygens (including phenoxy) is 1. The first-order valence-electron chi connectivity index (χ1n) is 4.19. The summed E-state index contributed by atoms with van der Waals surface area (Å²) in [5.41, 5.74) is 1.80. The van der Waals surface area contributed by atoms with Crippen LogP contribution in [0.15, 0.2) is 24.3 Å². The minimum Gasteiger partial charge on any atom is -0.435 e. The lowest BCUT2D eigenvalue weighted by molar-refractivity contribution is -0.0497. The Morgan fingerprint density at radius 3 is 2.79 bits per heavy atom. The lowest BCUT2D eigenvalue weighted by Crippen LogP contribution is -2.01. The molecule has 0 spiro atoms. The minimum absolute atomic E-state index is 0.175. The van der Waals surface area contributed by atoms with Crippen LogP contribution in [0.2, 0.25) is 0 Å². The van der Waals surface area contributed by atoms with Crippen LogP contribution >= 0.6 is 0 Å². The van der Waals surface area contributed by atoms with Gasteiger partial charge in [0, 0.05) is 17.3 Å². The highest BCUT2D eigenvalue weighted by atomic mass is 19.3. The summed E-state index contributed by atoms with van der Waals surface area (Å²) in [6, 6.07) is 6.79. The van der Waals surface area contributed by atoms with Crippen LogP contribution in [0.3, 0.4) is 0 Å². The molecule has 74 valence electrons. The Bertz CT molecular complexity index is 450. The minimum atomic E-state index is -2.77. The molecule has 0 aliphatic carbocycles. The molecule has 0 bridgehead atoms. The van der Waals surface area contributed by atoms with E-state index in [1.165, 1.54) is 6.07 Å². The average Bonchev–Trinajstić information content (AvgIpc) is 2.42. The Morgan fingerprint density at radius 1 is 1.29 bits per heavy atom. The number of hydrogen-bond donors (Lipinski definition) is 1. The highest BCUT2D eigenvalue weighted by Gasteiger charge is 2.05. The van der Waals surface area contributed by atoms with E-state index in [2.05, 4.69) is 9.72 Å². The second kappa shape index (κ2) is 3.29. The number of rotatable bonds is 2. The van der Waals surface area contributed by atoms with E-state index in [0.717, 1.165) is 16.6 Å². The molecular weight excluding hydrogens is 188 g/mol. The van der Waals surface area contributed by atoms with Gasteiger partial charge in [-0.05, 0) is 30.5 Å². The topological polar surface area (TPSA) is 25.0 Å². The highest BCUT2D eigenvalue weighted by molar-refractivity contribution is 5.81. The Morgan fingerprint density at radius 2 is 2.07 bits per heavy atom. The number of halogens is 2. The van der Waals surface area contributed by atoms with Gasteiger partial charge in [0.15, 0.2) is 0 Å². The van der Waals surface area contributed by atoms with Gasteiger partial charge >= 0.3 is 6.61 Å². The van der Waals surface area contributed by atoms with E-state index in [1.807, 2.05) is 13.0 Å². The van der Waals surface area contributed by atoms with E-state index in [0.29, 0.717) is 0 Å². The van der Waals surface area contributed by atoms with Gasteiger partial charge in [0.05, 0.1) is 0 Å². The molecule has 0 aliphatic rings. The van der Waals surface area contributed by atoms with Crippen molar-refractivity contribution in [1.82, 2.24) is 4.98 Å². The van der Waals surface area contributed by atoms with Gasteiger partial charge in [0.2, 0.25) is 0 Å². The van der Waals surface area contributed by atoms with Gasteiger partial charge < -0.3 is 9.72 Å². The fourth-order valence-corrected chi connectivity index (χ4v) is 1.43. The standard InChI is InChI=1S/C10H9F2NO/c1-6-4-7-2-3-8(14-10(11)12)5-9(7)13-6/h2-5,10,13H,1H3. The number of H-pyrrole nitrogens is 1. The zero-order chi connectivity index (χ0) is 10.1. The molecule has 1 aromatic heterocycles. The maximum Gasteiger partial charge on any atom is 0.387 e. The van der Waals surface area contributed by atoms with Crippen molar-refractivity contribution in [2.24, 2.45) is 0 Å². The Kier molecular flexibility index (Phi) is 2.11. The maximum absolute atomic E-state index is 11.9. The molecule has 0 amide bonds. The lowest BCUT2D eigenvalue weighted by Gasteiger charge is -2.03. The van der Waals surface area contributed by atoms with Crippen molar-refractivity contribution in [3.63, 3.8) is 0 Å². The third kappa shape index (κ3) is 1.69. The molecule has 2 aromatic rings. The summed E-state index contributed by atoms with van der Waals surface area (Å²) in [4.78, 5) is 3.05. The average molecular weight is 197 g/mol. The lowest BCUT2D eigenvalue weighted by atomic mass is 10.2. The van der Waals surface area contributed by atoms with Crippen LogP contribution in [-0.2, 0) is 0 Å². The summed E-state index contributed by atoms with van der Waals surface area (Å²) < 4.78 is 28.1. The largest absolute Gasteiger partial charge is 0.435 e. The molecule has 0 unspecified atom stereocenters. The molecule has 2 rings (SSSR count). The van der Waals surface area contributed by atoms with Crippen LogP contribution in [0, 0.1) is 6.92 Å². The van der Waals surface area contributed by atoms with Gasteiger partial charge in [-0.25, -0.2) is 0 Å². The van der Waals surface area contributed by atoms with E-state index in [1.54, 1.807) is 12.1 Å². The summed E-state index contributed by atoms with van der Waals surface area (Å²) in [6.07, 6.45) is 0. The van der Waals surface area contributed by atoms with Crippen LogP contribution in [0.25, 0.3) is 10.9 Å². The monoisotopic (exact) mass is 197 g/mol. The predicted octanol–water partition coefficient (Wildman–Crippen LogP) is 3.08. The van der Waals surface area contributed by atoms with Crippen LogP contribution in [0.4, 0.5) is 8.78 Å². The van der Waals surface area contributed by atoms with E-state index >= 15 is 0 Å². The molecular formula is C10H9F2NO. The molecule has 2 nitrogen and oxygen atoms in total. The van der Waals surface area contributed by atoms with E-state index < -0.39 is 6.61 Å². The first kappa shape index (κ1) is 8.99. The molecule has 0 fully saturated rings. The number of aryl methyl sites for hydroxylation is 1. The Hall–Kier alpha value is -1.58. The number of aromatic nitrogens is 1. The number of aromatic amines is 1. The molecule has 1 aromatic carbocycles. The van der Waals surface area contributed by atoms with Crippen LogP contribution in [0.1, 0.15) is 5.69 Å². The third-order valence-electron chi connectivity index (χ3n) is 1.95. The molecule has 0 atom stereocenters. The quantitative estimate of drug-likeness (QED) is 0.786. The maximum atomic E-state index is 11.9. The number of nitrogens with one attached hydrogen (secondary N) is 1. The van der Waals surface area contributed by atoms with Crippen LogP contribution in [0.5, 0.6) is 5.75 Å². The smallest absolute Gasteiger partial charge is 0.387 e. The van der Waals surface area contributed by atoms with Crippen molar-refractivity contribution in [1.29, 1.82) is 0 Å². The third-order valence-corrected chi connectivity index (χ3v) is 1.95. The summed E-state index contributed by atoms with van der Waals surface area (Å²) in [7, 11) is 0. The Labute approximate surface area is 79.5 Å². The number of alkyl halides is 2. The summed E-state index contributed by atoms with van der Waals surface area (Å²) in [5.74, 6) is 0.175. The van der Waals surface area contributed by atoms with Crippen LogP contribution < -0.4 is 4.74 Å².